The van der Waals surface area contributed by atoms with Crippen LogP contribution in [0.5, 0.6) is 0 Å². The Bertz CT molecular complexity index is 631. The molecule has 0 aliphatic rings. The first kappa shape index (κ1) is 14.9. The summed E-state index contributed by atoms with van der Waals surface area (Å²) >= 11 is 4.08. The quantitative estimate of drug-likeness (QED) is 0.906. The first-order valence-electron chi connectivity index (χ1n) is 5.15. The van der Waals surface area contributed by atoms with E-state index in [1.165, 1.54) is 0 Å². The molecular formula is C10H6BrF3N4OS. The molecule has 20 heavy (non-hydrogen) atoms. The summed E-state index contributed by atoms with van der Waals surface area (Å²) in [7, 11) is 0. The fourth-order valence-electron chi connectivity index (χ4n) is 1.29. The van der Waals surface area contributed by atoms with E-state index in [4.69, 9.17) is 0 Å². The lowest BCUT2D eigenvalue weighted by Gasteiger charge is -2.08. The topological polar surface area (TPSA) is 67.8 Å². The first-order valence-corrected chi connectivity index (χ1v) is 6.76. The van der Waals surface area contributed by atoms with Crippen LogP contribution in [0.4, 0.5) is 13.2 Å². The van der Waals surface area contributed by atoms with Gasteiger partial charge in [0, 0.05) is 6.20 Å². The monoisotopic (exact) mass is 366 g/mol. The van der Waals surface area contributed by atoms with E-state index in [0.717, 1.165) is 29.7 Å². The number of nitrogens with zero attached hydrogens (tertiary/aromatic N) is 3. The third-order valence-corrected chi connectivity index (χ3v) is 3.52. The summed E-state index contributed by atoms with van der Waals surface area (Å²) in [6.45, 7) is -0.125. The highest BCUT2D eigenvalue weighted by Crippen LogP contribution is 2.28. The molecular weight excluding hydrogens is 361 g/mol. The van der Waals surface area contributed by atoms with Crippen molar-refractivity contribution >= 4 is 33.2 Å². The van der Waals surface area contributed by atoms with Crippen LogP contribution in [0, 0.1) is 0 Å². The van der Waals surface area contributed by atoms with Crippen LogP contribution in [-0.2, 0) is 12.7 Å². The van der Waals surface area contributed by atoms with Crippen molar-refractivity contribution in [3.05, 3.63) is 38.5 Å². The van der Waals surface area contributed by atoms with Gasteiger partial charge in [0.2, 0.25) is 5.01 Å². The molecule has 2 aromatic rings. The average molecular weight is 367 g/mol. The number of aromatic nitrogens is 3. The maximum Gasteiger partial charge on any atom is 0.416 e. The average Bonchev–Trinajstić information content (AvgIpc) is 2.82. The van der Waals surface area contributed by atoms with Crippen molar-refractivity contribution in [3.8, 4) is 0 Å². The molecule has 0 unspecified atom stereocenters. The number of carbonyl (C=O) groups excluding carboxylic acids is 1. The van der Waals surface area contributed by atoms with Crippen molar-refractivity contribution in [2.75, 3.05) is 0 Å². The van der Waals surface area contributed by atoms with Crippen molar-refractivity contribution in [2.24, 2.45) is 0 Å². The Hall–Kier alpha value is -1.55. The lowest BCUT2D eigenvalue weighted by Crippen LogP contribution is -2.23. The van der Waals surface area contributed by atoms with E-state index >= 15 is 0 Å². The summed E-state index contributed by atoms with van der Waals surface area (Å²) in [6.07, 6.45) is -3.39. The third-order valence-electron chi connectivity index (χ3n) is 2.17. The van der Waals surface area contributed by atoms with Crippen molar-refractivity contribution in [1.82, 2.24) is 20.5 Å². The van der Waals surface area contributed by atoms with Crippen LogP contribution in [0.2, 0.25) is 0 Å². The summed E-state index contributed by atoms with van der Waals surface area (Å²) in [5.41, 5.74) is -0.702. The molecule has 5 nitrogen and oxygen atoms in total. The number of hydrogen-bond acceptors (Lipinski definition) is 5. The first-order chi connectivity index (χ1) is 9.36. The highest BCUT2D eigenvalue weighted by Gasteiger charge is 2.30. The van der Waals surface area contributed by atoms with Crippen LogP contribution in [0.3, 0.4) is 0 Å². The van der Waals surface area contributed by atoms with Crippen LogP contribution in [0.25, 0.3) is 0 Å². The van der Waals surface area contributed by atoms with Gasteiger partial charge in [-0.25, -0.2) is 0 Å². The number of amides is 1. The normalized spacial score (nSPS) is 11.4. The number of alkyl halides is 3. The van der Waals surface area contributed by atoms with E-state index in [-0.39, 0.29) is 17.2 Å². The molecule has 2 heterocycles. The zero-order valence-electron chi connectivity index (χ0n) is 9.61. The van der Waals surface area contributed by atoms with Crippen LogP contribution < -0.4 is 5.32 Å². The zero-order valence-corrected chi connectivity index (χ0v) is 12.0. The van der Waals surface area contributed by atoms with E-state index in [0.29, 0.717) is 3.92 Å². The molecule has 10 heteroatoms. The summed E-state index contributed by atoms with van der Waals surface area (Å²) in [5, 5.41) is 9.73. The maximum absolute atomic E-state index is 12.5. The van der Waals surface area contributed by atoms with Gasteiger partial charge < -0.3 is 5.32 Å². The van der Waals surface area contributed by atoms with E-state index in [1.807, 2.05) is 0 Å². The van der Waals surface area contributed by atoms with E-state index in [1.54, 1.807) is 0 Å². The van der Waals surface area contributed by atoms with E-state index in [2.05, 4.69) is 36.4 Å². The van der Waals surface area contributed by atoms with Gasteiger partial charge >= 0.3 is 6.18 Å². The minimum absolute atomic E-state index is 0.108. The van der Waals surface area contributed by atoms with Crippen molar-refractivity contribution in [2.45, 2.75) is 12.7 Å². The van der Waals surface area contributed by atoms with Crippen molar-refractivity contribution < 1.29 is 18.0 Å². The van der Waals surface area contributed by atoms with Gasteiger partial charge in [-0.1, -0.05) is 11.3 Å². The number of halogens is 4. The zero-order chi connectivity index (χ0) is 14.8. The van der Waals surface area contributed by atoms with Gasteiger partial charge in [0.25, 0.3) is 5.91 Å². The molecule has 0 spiro atoms. The minimum atomic E-state index is -4.44. The Kier molecular flexibility index (Phi) is 4.33. The molecule has 2 aromatic heterocycles. The molecule has 0 aromatic carbocycles. The molecule has 1 N–H and O–H groups in total. The van der Waals surface area contributed by atoms with Gasteiger partial charge in [-0.15, -0.1) is 10.2 Å². The van der Waals surface area contributed by atoms with Crippen molar-refractivity contribution in [1.29, 1.82) is 0 Å². The molecule has 106 valence electrons. The minimum Gasteiger partial charge on any atom is -0.344 e. The molecule has 0 saturated carbocycles. The second kappa shape index (κ2) is 5.83. The highest BCUT2D eigenvalue weighted by atomic mass is 79.9. The Morgan fingerprint density at radius 3 is 2.75 bits per heavy atom. The van der Waals surface area contributed by atoms with E-state index in [9.17, 15) is 18.0 Å². The van der Waals surface area contributed by atoms with Gasteiger partial charge in [-0.05, 0) is 28.1 Å². The number of nitrogens with one attached hydrogen (secondary N) is 1. The third kappa shape index (κ3) is 3.73. The Balaban J connectivity index is 2.02. The predicted octanol–water partition coefficient (Wildman–Crippen LogP) is 2.64. The van der Waals surface area contributed by atoms with Crippen molar-refractivity contribution in [3.63, 3.8) is 0 Å². The number of hydrogen-bond donors (Lipinski definition) is 1. The standard InChI is InChI=1S/C10H6BrF3N4OS/c11-9-18-17-8(20-9)7(19)16-4-6-3-5(1-2-15-6)10(12,13)14/h1-3H,4H2,(H,16,19). The lowest BCUT2D eigenvalue weighted by molar-refractivity contribution is -0.137. The molecule has 0 aliphatic carbocycles. The number of pyridine rings is 1. The summed E-state index contributed by atoms with van der Waals surface area (Å²) in [5.74, 6) is -0.521. The van der Waals surface area contributed by atoms with Gasteiger partial charge in [0.15, 0.2) is 3.92 Å². The molecule has 0 bridgehead atoms. The fraction of sp³-hybridized carbons (Fsp3) is 0.200. The van der Waals surface area contributed by atoms with Gasteiger partial charge in [0.05, 0.1) is 17.8 Å². The molecule has 0 aliphatic heterocycles. The largest absolute Gasteiger partial charge is 0.416 e. The van der Waals surface area contributed by atoms with Crippen LogP contribution >= 0.6 is 27.3 Å². The Labute approximate surface area is 123 Å². The predicted molar refractivity (Wildman–Crippen MR) is 68.0 cm³/mol. The lowest BCUT2D eigenvalue weighted by atomic mass is 10.2. The molecule has 0 atom stereocenters. The molecule has 1 amide bonds. The van der Waals surface area contributed by atoms with Gasteiger partial charge in [-0.3, -0.25) is 9.78 Å². The molecule has 0 saturated heterocycles. The second-order valence-electron chi connectivity index (χ2n) is 3.58. The van der Waals surface area contributed by atoms with Gasteiger partial charge in [-0.2, -0.15) is 13.2 Å². The van der Waals surface area contributed by atoms with Crippen LogP contribution in [0.1, 0.15) is 21.1 Å². The SMILES string of the molecule is O=C(NCc1cc(C(F)(F)F)ccn1)c1nnc(Br)s1. The summed E-state index contributed by atoms with van der Waals surface area (Å²) in [6, 6.07) is 1.75. The summed E-state index contributed by atoms with van der Waals surface area (Å²) < 4.78 is 37.9. The Morgan fingerprint density at radius 1 is 1.40 bits per heavy atom. The summed E-state index contributed by atoms with van der Waals surface area (Å²) in [4.78, 5) is 15.4. The van der Waals surface area contributed by atoms with Crippen LogP contribution in [-0.4, -0.2) is 21.1 Å². The van der Waals surface area contributed by atoms with E-state index < -0.39 is 17.6 Å². The smallest absolute Gasteiger partial charge is 0.344 e. The molecule has 0 radical (unpaired) electrons. The number of rotatable bonds is 3. The second-order valence-corrected chi connectivity index (χ2v) is 5.83. The molecule has 2 rings (SSSR count). The molecule has 0 fully saturated rings. The highest BCUT2D eigenvalue weighted by molar-refractivity contribution is 9.11. The Morgan fingerprint density at radius 2 is 2.15 bits per heavy atom. The maximum atomic E-state index is 12.5. The van der Waals surface area contributed by atoms with Gasteiger partial charge in [0.1, 0.15) is 0 Å². The fourth-order valence-corrected chi connectivity index (χ4v) is 2.32. The number of carbonyl (C=O) groups is 1. The van der Waals surface area contributed by atoms with Crippen LogP contribution in [0.15, 0.2) is 22.2 Å².